The van der Waals surface area contributed by atoms with Gasteiger partial charge in [-0.15, -0.1) is 0 Å². The summed E-state index contributed by atoms with van der Waals surface area (Å²) in [7, 11) is 0. The van der Waals surface area contributed by atoms with Gasteiger partial charge in [0.05, 0.1) is 16.9 Å². The Hall–Kier alpha value is -3.58. The van der Waals surface area contributed by atoms with Crippen LogP contribution in [0.4, 0.5) is 15.9 Å². The van der Waals surface area contributed by atoms with E-state index < -0.39 is 0 Å². The molecule has 7 heteroatoms. The minimum absolute atomic E-state index is 0.223. The molecule has 6 nitrogen and oxygen atoms in total. The summed E-state index contributed by atoms with van der Waals surface area (Å²) >= 11 is 0. The van der Waals surface area contributed by atoms with Crippen LogP contribution in [0, 0.1) is 11.7 Å². The lowest BCUT2D eigenvalue weighted by Gasteiger charge is -2.37. The van der Waals surface area contributed by atoms with Crippen LogP contribution in [-0.4, -0.2) is 52.6 Å². The van der Waals surface area contributed by atoms with E-state index >= 15 is 4.39 Å². The predicted molar refractivity (Wildman–Crippen MR) is 136 cm³/mol. The number of fused-ring (bicyclic) bond motifs is 1. The zero-order chi connectivity index (χ0) is 23.7. The van der Waals surface area contributed by atoms with E-state index in [9.17, 15) is 0 Å². The number of rotatable bonds is 5. The second kappa shape index (κ2) is 9.35. The average Bonchev–Trinajstić information content (AvgIpc) is 2.83. The fraction of sp³-hybridized carbons (Fsp3) is 0.296. The van der Waals surface area contributed by atoms with Crippen molar-refractivity contribution in [1.29, 1.82) is 0 Å². The fourth-order valence-corrected chi connectivity index (χ4v) is 4.69. The molecule has 0 bridgehead atoms. The molecule has 0 unspecified atom stereocenters. The summed E-state index contributed by atoms with van der Waals surface area (Å²) in [6.07, 6.45) is 3.22. The van der Waals surface area contributed by atoms with Crippen molar-refractivity contribution in [1.82, 2.24) is 19.9 Å². The standard InChI is InChI=1S/C27H29FN6/c1-18(2)16-33-9-11-34(12-10-33)25-6-4-21(14-23(25)28)27-22-13-19(3-5-24(22)31-17-32-27)20-7-8-30-26(29)15-20/h3-8,13-15,17-18H,9-12,16H2,1-2H3,(H2,29,30). The van der Waals surface area contributed by atoms with Crippen molar-refractivity contribution in [3.63, 3.8) is 0 Å². The first-order valence-electron chi connectivity index (χ1n) is 11.7. The number of nitrogens with two attached hydrogens (primary N) is 1. The third kappa shape index (κ3) is 4.56. The van der Waals surface area contributed by atoms with Gasteiger partial charge in [-0.05, 0) is 53.4 Å². The first-order valence-corrected chi connectivity index (χ1v) is 11.7. The summed E-state index contributed by atoms with van der Waals surface area (Å²) in [6.45, 7) is 9.13. The normalized spacial score (nSPS) is 14.8. The smallest absolute Gasteiger partial charge is 0.147 e. The van der Waals surface area contributed by atoms with Crippen molar-refractivity contribution < 1.29 is 4.39 Å². The number of aromatic nitrogens is 3. The van der Waals surface area contributed by atoms with E-state index in [1.165, 1.54) is 6.33 Å². The first-order chi connectivity index (χ1) is 16.5. The summed E-state index contributed by atoms with van der Waals surface area (Å²) < 4.78 is 15.3. The Balaban J connectivity index is 1.45. The van der Waals surface area contributed by atoms with Gasteiger partial charge in [0.2, 0.25) is 0 Å². The topological polar surface area (TPSA) is 71.2 Å². The molecule has 1 fully saturated rings. The van der Waals surface area contributed by atoms with Gasteiger partial charge in [0, 0.05) is 49.9 Å². The maximum absolute atomic E-state index is 15.3. The molecule has 0 atom stereocenters. The zero-order valence-corrected chi connectivity index (χ0v) is 19.6. The van der Waals surface area contributed by atoms with E-state index in [2.05, 4.69) is 38.6 Å². The molecule has 5 rings (SSSR count). The van der Waals surface area contributed by atoms with Crippen LogP contribution in [0.5, 0.6) is 0 Å². The number of piperazine rings is 1. The highest BCUT2D eigenvalue weighted by Crippen LogP contribution is 2.32. The molecule has 1 saturated heterocycles. The van der Waals surface area contributed by atoms with Crippen molar-refractivity contribution >= 4 is 22.4 Å². The number of hydrogen-bond donors (Lipinski definition) is 1. The van der Waals surface area contributed by atoms with Gasteiger partial charge in [0.1, 0.15) is 18.0 Å². The third-order valence-corrected chi connectivity index (χ3v) is 6.31. The summed E-state index contributed by atoms with van der Waals surface area (Å²) in [4.78, 5) is 17.6. The average molecular weight is 457 g/mol. The highest BCUT2D eigenvalue weighted by molar-refractivity contribution is 5.95. The molecule has 3 heterocycles. The molecule has 0 radical (unpaired) electrons. The van der Waals surface area contributed by atoms with Gasteiger partial charge >= 0.3 is 0 Å². The van der Waals surface area contributed by atoms with E-state index in [0.29, 0.717) is 23.1 Å². The van der Waals surface area contributed by atoms with Crippen molar-refractivity contribution in [3.05, 3.63) is 66.9 Å². The Labute approximate surface area is 199 Å². The minimum Gasteiger partial charge on any atom is -0.384 e. The molecule has 1 aliphatic rings. The number of benzene rings is 2. The van der Waals surface area contributed by atoms with Gasteiger partial charge in [-0.1, -0.05) is 26.0 Å². The number of halogens is 1. The highest BCUT2D eigenvalue weighted by Gasteiger charge is 2.20. The van der Waals surface area contributed by atoms with Gasteiger partial charge in [-0.25, -0.2) is 19.3 Å². The Morgan fingerprint density at radius 1 is 0.882 bits per heavy atom. The van der Waals surface area contributed by atoms with Crippen molar-refractivity contribution in [2.75, 3.05) is 43.4 Å². The summed E-state index contributed by atoms with van der Waals surface area (Å²) in [5.74, 6) is 0.881. The van der Waals surface area contributed by atoms with E-state index in [4.69, 9.17) is 5.73 Å². The van der Waals surface area contributed by atoms with Crippen LogP contribution in [0.2, 0.25) is 0 Å². The summed E-state index contributed by atoms with van der Waals surface area (Å²) in [5.41, 5.74) is 10.7. The molecule has 0 aliphatic carbocycles. The highest BCUT2D eigenvalue weighted by atomic mass is 19.1. The Morgan fingerprint density at radius 3 is 2.38 bits per heavy atom. The van der Waals surface area contributed by atoms with Crippen LogP contribution in [0.25, 0.3) is 33.3 Å². The lowest BCUT2D eigenvalue weighted by atomic mass is 10.0. The van der Waals surface area contributed by atoms with Gasteiger partial charge in [-0.3, -0.25) is 4.90 Å². The molecule has 34 heavy (non-hydrogen) atoms. The van der Waals surface area contributed by atoms with E-state index in [1.807, 2.05) is 42.5 Å². The van der Waals surface area contributed by atoms with Gasteiger partial charge in [0.25, 0.3) is 0 Å². The molecular formula is C27H29FN6. The molecule has 0 spiro atoms. The Morgan fingerprint density at radius 2 is 1.65 bits per heavy atom. The van der Waals surface area contributed by atoms with Crippen molar-refractivity contribution in [3.8, 4) is 22.4 Å². The number of anilines is 2. The van der Waals surface area contributed by atoms with Crippen LogP contribution in [0.3, 0.4) is 0 Å². The maximum Gasteiger partial charge on any atom is 0.147 e. The quantitative estimate of drug-likeness (QED) is 0.463. The van der Waals surface area contributed by atoms with E-state index in [1.54, 1.807) is 12.3 Å². The largest absolute Gasteiger partial charge is 0.384 e. The van der Waals surface area contributed by atoms with Gasteiger partial charge in [0.15, 0.2) is 0 Å². The zero-order valence-electron chi connectivity index (χ0n) is 19.6. The lowest BCUT2D eigenvalue weighted by molar-refractivity contribution is 0.231. The van der Waals surface area contributed by atoms with Crippen LogP contribution < -0.4 is 10.6 Å². The van der Waals surface area contributed by atoms with Crippen LogP contribution >= 0.6 is 0 Å². The molecule has 4 aromatic rings. The van der Waals surface area contributed by atoms with E-state index in [-0.39, 0.29) is 5.82 Å². The SMILES string of the molecule is CC(C)CN1CCN(c2ccc(-c3ncnc4ccc(-c5ccnc(N)c5)cc34)cc2F)CC1. The van der Waals surface area contributed by atoms with Crippen LogP contribution in [-0.2, 0) is 0 Å². The molecule has 2 N–H and O–H groups in total. The lowest BCUT2D eigenvalue weighted by Crippen LogP contribution is -2.47. The third-order valence-electron chi connectivity index (χ3n) is 6.31. The predicted octanol–water partition coefficient (Wildman–Crippen LogP) is 4.86. The van der Waals surface area contributed by atoms with Gasteiger partial charge < -0.3 is 10.6 Å². The van der Waals surface area contributed by atoms with Crippen LogP contribution in [0.1, 0.15) is 13.8 Å². The number of nitrogens with zero attached hydrogens (tertiary/aromatic N) is 5. The van der Waals surface area contributed by atoms with Gasteiger partial charge in [-0.2, -0.15) is 0 Å². The number of nitrogen functional groups attached to an aromatic ring is 1. The molecule has 2 aromatic carbocycles. The first kappa shape index (κ1) is 22.2. The molecule has 2 aromatic heterocycles. The maximum atomic E-state index is 15.3. The number of hydrogen-bond acceptors (Lipinski definition) is 6. The minimum atomic E-state index is -0.223. The second-order valence-electron chi connectivity index (χ2n) is 9.27. The number of pyridine rings is 1. The summed E-state index contributed by atoms with van der Waals surface area (Å²) in [5, 5.41) is 0.866. The molecule has 1 aliphatic heterocycles. The Bertz CT molecular complexity index is 1310. The van der Waals surface area contributed by atoms with E-state index in [0.717, 1.165) is 60.3 Å². The van der Waals surface area contributed by atoms with Crippen molar-refractivity contribution in [2.24, 2.45) is 5.92 Å². The molecule has 174 valence electrons. The van der Waals surface area contributed by atoms with Crippen LogP contribution in [0.15, 0.2) is 61.1 Å². The Kier molecular flexibility index (Phi) is 6.11. The molecule has 0 saturated carbocycles. The molecule has 0 amide bonds. The monoisotopic (exact) mass is 456 g/mol. The second-order valence-corrected chi connectivity index (χ2v) is 9.27. The fourth-order valence-electron chi connectivity index (χ4n) is 4.69. The molecular weight excluding hydrogens is 427 g/mol. The van der Waals surface area contributed by atoms with Crippen molar-refractivity contribution in [2.45, 2.75) is 13.8 Å². The summed E-state index contributed by atoms with van der Waals surface area (Å²) in [6, 6.07) is 15.1.